The molecule has 2 unspecified atom stereocenters. The molecule has 4 bridgehead atoms. The van der Waals surface area contributed by atoms with Crippen molar-refractivity contribution in [3.8, 4) is 0 Å². The Bertz CT molecular complexity index is 390. The maximum absolute atomic E-state index is 12.6. The summed E-state index contributed by atoms with van der Waals surface area (Å²) in [6.45, 7) is -0.265. The van der Waals surface area contributed by atoms with Crippen LogP contribution in [-0.2, 0) is 9.47 Å². The summed E-state index contributed by atoms with van der Waals surface area (Å²) in [6.07, 6.45) is 2.71. The molecular weight excluding hydrogens is 270 g/mol. The van der Waals surface area contributed by atoms with Crippen LogP contribution in [0.3, 0.4) is 0 Å². The molecule has 0 aromatic heterocycles. The molecule has 0 amide bonds. The van der Waals surface area contributed by atoms with Crippen molar-refractivity contribution in [2.75, 3.05) is 6.61 Å². The fourth-order valence-corrected chi connectivity index (χ4v) is 4.46. The summed E-state index contributed by atoms with van der Waals surface area (Å²) in [4.78, 5) is 11.5. The lowest BCUT2D eigenvalue weighted by Crippen LogP contribution is -2.57. The van der Waals surface area contributed by atoms with Crippen LogP contribution in [0.15, 0.2) is 0 Å². The van der Waals surface area contributed by atoms with Gasteiger partial charge in [0.05, 0.1) is 5.60 Å². The van der Waals surface area contributed by atoms with Crippen LogP contribution in [0, 0.1) is 17.8 Å². The minimum atomic E-state index is -3.04. The van der Waals surface area contributed by atoms with Crippen LogP contribution in [-0.4, -0.2) is 35.5 Å². The molecule has 0 aromatic rings. The van der Waals surface area contributed by atoms with Crippen LogP contribution in [0.1, 0.15) is 39.0 Å². The summed E-state index contributed by atoms with van der Waals surface area (Å²) in [5.74, 6) is -2.26. The summed E-state index contributed by atoms with van der Waals surface area (Å²) < 4.78 is 35.0. The van der Waals surface area contributed by atoms with E-state index in [-0.39, 0.29) is 17.9 Å². The second-order valence-electron chi connectivity index (χ2n) is 6.89. The number of hydrogen-bond acceptors (Lipinski definition) is 4. The molecule has 2 atom stereocenters. The quantitative estimate of drug-likeness (QED) is 0.812. The Balaban J connectivity index is 1.58. The molecular formula is C14H20F2O4. The molecule has 0 spiro atoms. The standard InChI is InChI=1S/C14H20F2O4/c1-13(15,16)7-19-12(17)20-11-9-2-8-3-10(11)6-14(18,4-8)5-9/h8-11,18H,2-7H2,1H3. The topological polar surface area (TPSA) is 55.8 Å². The third-order valence-corrected chi connectivity index (χ3v) is 4.83. The van der Waals surface area contributed by atoms with Crippen molar-refractivity contribution in [2.24, 2.45) is 17.8 Å². The number of rotatable bonds is 3. The lowest BCUT2D eigenvalue weighted by molar-refractivity contribution is -0.183. The fourth-order valence-electron chi connectivity index (χ4n) is 4.46. The predicted molar refractivity (Wildman–Crippen MR) is 65.3 cm³/mol. The van der Waals surface area contributed by atoms with Gasteiger partial charge < -0.3 is 14.6 Å². The summed E-state index contributed by atoms with van der Waals surface area (Å²) in [7, 11) is 0. The SMILES string of the molecule is CC(F)(F)COC(=O)OC1C2CC3CC1CC(O)(C3)C2. The lowest BCUT2D eigenvalue weighted by Gasteiger charge is -2.57. The second kappa shape index (κ2) is 4.55. The van der Waals surface area contributed by atoms with Crippen molar-refractivity contribution in [1.82, 2.24) is 0 Å². The van der Waals surface area contributed by atoms with Crippen molar-refractivity contribution in [2.45, 2.75) is 56.7 Å². The molecule has 6 heteroatoms. The van der Waals surface area contributed by atoms with Gasteiger partial charge in [-0.25, -0.2) is 13.6 Å². The number of alkyl halides is 2. The van der Waals surface area contributed by atoms with Crippen molar-refractivity contribution in [3.05, 3.63) is 0 Å². The first-order chi connectivity index (χ1) is 9.24. The average molecular weight is 290 g/mol. The Kier molecular flexibility index (Phi) is 3.19. The van der Waals surface area contributed by atoms with E-state index in [0.717, 1.165) is 19.3 Å². The van der Waals surface area contributed by atoms with Crippen LogP contribution in [0.4, 0.5) is 13.6 Å². The van der Waals surface area contributed by atoms with Gasteiger partial charge >= 0.3 is 6.16 Å². The molecule has 4 aliphatic rings. The van der Waals surface area contributed by atoms with Crippen molar-refractivity contribution < 1.29 is 28.2 Å². The Labute approximate surface area is 116 Å². The summed E-state index contributed by atoms with van der Waals surface area (Å²) in [5, 5.41) is 10.4. The molecule has 0 radical (unpaired) electrons. The van der Waals surface area contributed by atoms with E-state index in [2.05, 4.69) is 4.74 Å². The average Bonchev–Trinajstić information content (AvgIpc) is 2.28. The molecule has 20 heavy (non-hydrogen) atoms. The summed E-state index contributed by atoms with van der Waals surface area (Å²) >= 11 is 0. The Morgan fingerprint density at radius 3 is 2.40 bits per heavy atom. The van der Waals surface area contributed by atoms with Gasteiger partial charge in [0.2, 0.25) is 0 Å². The number of halogens is 2. The number of carbonyl (C=O) groups excluding carboxylic acids is 1. The van der Waals surface area contributed by atoms with Gasteiger partial charge in [-0.05, 0) is 49.9 Å². The van der Waals surface area contributed by atoms with Gasteiger partial charge in [0, 0.05) is 6.92 Å². The molecule has 4 aliphatic carbocycles. The third kappa shape index (κ3) is 2.75. The molecule has 4 nitrogen and oxygen atoms in total. The first-order valence-corrected chi connectivity index (χ1v) is 7.18. The summed E-state index contributed by atoms with van der Waals surface area (Å²) in [6, 6.07) is 0. The van der Waals surface area contributed by atoms with Crippen LogP contribution in [0.2, 0.25) is 0 Å². The van der Waals surface area contributed by atoms with Crippen molar-refractivity contribution in [1.29, 1.82) is 0 Å². The van der Waals surface area contributed by atoms with Crippen LogP contribution in [0.25, 0.3) is 0 Å². The lowest BCUT2D eigenvalue weighted by atomic mass is 9.53. The monoisotopic (exact) mass is 290 g/mol. The molecule has 0 saturated heterocycles. The Morgan fingerprint density at radius 2 is 1.90 bits per heavy atom. The molecule has 4 rings (SSSR count). The molecule has 0 aromatic carbocycles. The number of ether oxygens (including phenoxy) is 2. The van der Waals surface area contributed by atoms with Gasteiger partial charge in [-0.2, -0.15) is 0 Å². The van der Waals surface area contributed by atoms with Gasteiger partial charge in [-0.1, -0.05) is 0 Å². The van der Waals surface area contributed by atoms with Gasteiger partial charge in [-0.3, -0.25) is 0 Å². The molecule has 4 saturated carbocycles. The first-order valence-electron chi connectivity index (χ1n) is 7.18. The molecule has 4 fully saturated rings. The highest BCUT2D eigenvalue weighted by Crippen LogP contribution is 2.56. The maximum atomic E-state index is 12.6. The number of carbonyl (C=O) groups is 1. The first kappa shape index (κ1) is 14.0. The zero-order chi connectivity index (χ0) is 14.5. The van der Waals surface area contributed by atoms with Crippen molar-refractivity contribution in [3.63, 3.8) is 0 Å². The minimum absolute atomic E-state index is 0.140. The van der Waals surface area contributed by atoms with E-state index in [0.29, 0.717) is 25.7 Å². The largest absolute Gasteiger partial charge is 0.508 e. The number of aliphatic hydroxyl groups is 1. The van der Waals surface area contributed by atoms with E-state index < -0.39 is 24.3 Å². The Hall–Kier alpha value is -0.910. The maximum Gasteiger partial charge on any atom is 0.508 e. The molecule has 0 heterocycles. The highest BCUT2D eigenvalue weighted by molar-refractivity contribution is 5.60. The highest BCUT2D eigenvalue weighted by atomic mass is 19.3. The third-order valence-electron chi connectivity index (χ3n) is 4.83. The zero-order valence-corrected chi connectivity index (χ0v) is 11.5. The van der Waals surface area contributed by atoms with E-state index in [4.69, 9.17) is 4.74 Å². The van der Waals surface area contributed by atoms with Gasteiger partial charge in [-0.15, -0.1) is 0 Å². The smallest absolute Gasteiger partial charge is 0.430 e. The van der Waals surface area contributed by atoms with E-state index >= 15 is 0 Å². The van der Waals surface area contributed by atoms with Crippen LogP contribution < -0.4 is 0 Å². The molecule has 0 aliphatic heterocycles. The van der Waals surface area contributed by atoms with E-state index in [1.165, 1.54) is 0 Å². The van der Waals surface area contributed by atoms with Gasteiger partial charge in [0.1, 0.15) is 6.10 Å². The molecule has 114 valence electrons. The van der Waals surface area contributed by atoms with Gasteiger partial charge in [0.15, 0.2) is 6.61 Å². The zero-order valence-electron chi connectivity index (χ0n) is 11.5. The second-order valence-corrected chi connectivity index (χ2v) is 6.89. The minimum Gasteiger partial charge on any atom is -0.430 e. The predicted octanol–water partition coefficient (Wildman–Crippen LogP) is 2.73. The molecule has 1 N–H and O–H groups in total. The highest BCUT2D eigenvalue weighted by Gasteiger charge is 2.56. The van der Waals surface area contributed by atoms with E-state index in [9.17, 15) is 18.7 Å². The van der Waals surface area contributed by atoms with Crippen LogP contribution >= 0.6 is 0 Å². The normalized spacial score (nSPS) is 42.6. The fraction of sp³-hybridized carbons (Fsp3) is 0.929. The Morgan fingerprint density at radius 1 is 1.30 bits per heavy atom. The van der Waals surface area contributed by atoms with E-state index in [1.54, 1.807) is 0 Å². The summed E-state index contributed by atoms with van der Waals surface area (Å²) in [5.41, 5.74) is -0.600. The van der Waals surface area contributed by atoms with Gasteiger partial charge in [0.25, 0.3) is 5.92 Å². The van der Waals surface area contributed by atoms with E-state index in [1.807, 2.05) is 0 Å². The van der Waals surface area contributed by atoms with Crippen LogP contribution in [0.5, 0.6) is 0 Å². The van der Waals surface area contributed by atoms with Crippen molar-refractivity contribution >= 4 is 6.16 Å². The number of hydrogen-bond donors (Lipinski definition) is 1.